The third-order valence-corrected chi connectivity index (χ3v) is 5.90. The number of nitrogens with zero attached hydrogens (tertiary/aromatic N) is 2. The molecule has 3 rings (SSSR count). The minimum absolute atomic E-state index is 0.0767. The number of hydrogen-bond acceptors (Lipinski definition) is 3. The lowest BCUT2D eigenvalue weighted by atomic mass is 9.99. The normalized spacial score (nSPS) is 24.6. The number of hydrogen-bond donors (Lipinski definition) is 2. The molecular weight excluding hydrogens is 343 g/mol. The molecule has 0 bridgehead atoms. The fourth-order valence-corrected chi connectivity index (χ4v) is 4.18. The van der Waals surface area contributed by atoms with Crippen LogP contribution < -0.4 is 15.5 Å². The minimum atomic E-state index is -0.207. The zero-order valence-electron chi connectivity index (χ0n) is 16.6. The quantitative estimate of drug-likeness (QED) is 0.802. The van der Waals surface area contributed by atoms with Gasteiger partial charge in [0.15, 0.2) is 0 Å². The minimum Gasteiger partial charge on any atom is -0.371 e. The third-order valence-electron chi connectivity index (χ3n) is 5.90. The summed E-state index contributed by atoms with van der Waals surface area (Å²) in [5.41, 5.74) is 1.05. The molecule has 3 atom stereocenters. The van der Waals surface area contributed by atoms with Crippen LogP contribution in [0.4, 0.5) is 14.9 Å². The molecule has 150 valence electrons. The van der Waals surface area contributed by atoms with E-state index in [2.05, 4.69) is 34.3 Å². The molecule has 2 amide bonds. The van der Waals surface area contributed by atoms with Gasteiger partial charge in [0.05, 0.1) is 0 Å². The second-order valence-electron chi connectivity index (χ2n) is 8.26. The SMILES string of the molecule is C[C@@H]1CCCN([C@H](C)CNC(=O)NC[C@H]2CCN(c3ccc(F)cc3)C2)C1. The van der Waals surface area contributed by atoms with E-state index in [9.17, 15) is 9.18 Å². The maximum Gasteiger partial charge on any atom is 0.314 e. The number of anilines is 1. The van der Waals surface area contributed by atoms with Gasteiger partial charge >= 0.3 is 6.03 Å². The van der Waals surface area contributed by atoms with Crippen molar-refractivity contribution in [1.82, 2.24) is 15.5 Å². The number of nitrogens with one attached hydrogen (secondary N) is 2. The number of urea groups is 1. The van der Waals surface area contributed by atoms with Crippen molar-refractivity contribution in [2.45, 2.75) is 39.2 Å². The van der Waals surface area contributed by atoms with Gasteiger partial charge in [-0.15, -0.1) is 0 Å². The number of amides is 2. The molecule has 0 unspecified atom stereocenters. The lowest BCUT2D eigenvalue weighted by Gasteiger charge is -2.35. The molecule has 0 aliphatic carbocycles. The van der Waals surface area contributed by atoms with E-state index in [1.807, 2.05) is 12.1 Å². The van der Waals surface area contributed by atoms with Crippen molar-refractivity contribution in [2.24, 2.45) is 11.8 Å². The maximum atomic E-state index is 13.1. The highest BCUT2D eigenvalue weighted by atomic mass is 19.1. The molecule has 2 heterocycles. The smallest absolute Gasteiger partial charge is 0.314 e. The Morgan fingerprint density at radius 3 is 2.70 bits per heavy atom. The number of likely N-dealkylation sites (tertiary alicyclic amines) is 1. The molecule has 1 aromatic carbocycles. The highest BCUT2D eigenvalue weighted by Crippen LogP contribution is 2.23. The van der Waals surface area contributed by atoms with Crippen LogP contribution in [0, 0.1) is 17.7 Å². The molecule has 0 aromatic heterocycles. The van der Waals surface area contributed by atoms with E-state index < -0.39 is 0 Å². The van der Waals surface area contributed by atoms with Crippen molar-refractivity contribution in [2.75, 3.05) is 44.2 Å². The van der Waals surface area contributed by atoms with Gasteiger partial charge in [-0.05, 0) is 68.8 Å². The predicted molar refractivity (Wildman–Crippen MR) is 108 cm³/mol. The number of halogens is 1. The number of carbonyl (C=O) groups is 1. The molecule has 1 aromatic rings. The van der Waals surface area contributed by atoms with E-state index in [4.69, 9.17) is 0 Å². The molecule has 0 saturated carbocycles. The molecule has 2 N–H and O–H groups in total. The summed E-state index contributed by atoms with van der Waals surface area (Å²) in [5.74, 6) is 0.976. The number of piperidine rings is 1. The van der Waals surface area contributed by atoms with Gasteiger partial charge in [0.2, 0.25) is 0 Å². The first-order valence-electron chi connectivity index (χ1n) is 10.3. The van der Waals surface area contributed by atoms with Crippen molar-refractivity contribution in [1.29, 1.82) is 0 Å². The summed E-state index contributed by atoms with van der Waals surface area (Å²) in [5, 5.41) is 6.04. The van der Waals surface area contributed by atoms with Crippen LogP contribution in [-0.4, -0.2) is 56.2 Å². The lowest BCUT2D eigenvalue weighted by Crippen LogP contribution is -2.48. The van der Waals surface area contributed by atoms with Crippen LogP contribution in [-0.2, 0) is 0 Å². The van der Waals surface area contributed by atoms with Gasteiger partial charge in [0.25, 0.3) is 0 Å². The Morgan fingerprint density at radius 1 is 1.19 bits per heavy atom. The summed E-state index contributed by atoms with van der Waals surface area (Å²) in [6.07, 6.45) is 3.61. The van der Waals surface area contributed by atoms with Gasteiger partial charge in [-0.1, -0.05) is 6.92 Å². The van der Waals surface area contributed by atoms with Gasteiger partial charge in [-0.3, -0.25) is 4.90 Å². The van der Waals surface area contributed by atoms with Crippen molar-refractivity contribution < 1.29 is 9.18 Å². The largest absolute Gasteiger partial charge is 0.371 e. The Morgan fingerprint density at radius 2 is 1.96 bits per heavy atom. The predicted octanol–water partition coefficient (Wildman–Crippen LogP) is 3.07. The first kappa shape index (κ1) is 19.9. The van der Waals surface area contributed by atoms with Crippen LogP contribution in [0.5, 0.6) is 0 Å². The summed E-state index contributed by atoms with van der Waals surface area (Å²) >= 11 is 0. The maximum absolute atomic E-state index is 13.1. The van der Waals surface area contributed by atoms with Crippen LogP contribution in [0.3, 0.4) is 0 Å². The van der Waals surface area contributed by atoms with Gasteiger partial charge < -0.3 is 15.5 Å². The van der Waals surface area contributed by atoms with Crippen LogP contribution >= 0.6 is 0 Å². The van der Waals surface area contributed by atoms with Gasteiger partial charge in [-0.2, -0.15) is 0 Å². The highest BCUT2D eigenvalue weighted by molar-refractivity contribution is 5.73. The summed E-state index contributed by atoms with van der Waals surface area (Å²) < 4.78 is 13.1. The van der Waals surface area contributed by atoms with Crippen molar-refractivity contribution in [3.8, 4) is 0 Å². The summed E-state index contributed by atoms with van der Waals surface area (Å²) in [6.45, 7) is 9.97. The Balaban J connectivity index is 1.34. The fourth-order valence-electron chi connectivity index (χ4n) is 4.18. The molecule has 27 heavy (non-hydrogen) atoms. The van der Waals surface area contributed by atoms with Gasteiger partial charge in [0, 0.05) is 44.5 Å². The Kier molecular flexibility index (Phi) is 6.94. The van der Waals surface area contributed by atoms with E-state index in [1.54, 1.807) is 0 Å². The molecule has 5 nitrogen and oxygen atoms in total. The molecule has 0 spiro atoms. The van der Waals surface area contributed by atoms with E-state index >= 15 is 0 Å². The summed E-state index contributed by atoms with van der Waals surface area (Å²) in [4.78, 5) is 16.9. The van der Waals surface area contributed by atoms with E-state index in [-0.39, 0.29) is 11.8 Å². The molecule has 2 fully saturated rings. The van der Waals surface area contributed by atoms with Crippen LogP contribution in [0.2, 0.25) is 0 Å². The van der Waals surface area contributed by atoms with Crippen LogP contribution in [0.1, 0.15) is 33.1 Å². The lowest BCUT2D eigenvalue weighted by molar-refractivity contribution is 0.137. The molecular formula is C21H33FN4O. The number of rotatable bonds is 6. The second kappa shape index (κ2) is 9.40. The Labute approximate surface area is 162 Å². The number of carbonyl (C=O) groups excluding carboxylic acids is 1. The van der Waals surface area contributed by atoms with Gasteiger partial charge in [0.1, 0.15) is 5.82 Å². The molecule has 6 heteroatoms. The number of benzene rings is 1. The van der Waals surface area contributed by atoms with Crippen LogP contribution in [0.15, 0.2) is 24.3 Å². The van der Waals surface area contributed by atoms with Crippen molar-refractivity contribution in [3.05, 3.63) is 30.1 Å². The van der Waals surface area contributed by atoms with E-state index in [0.29, 0.717) is 25.0 Å². The zero-order valence-corrected chi connectivity index (χ0v) is 16.6. The summed E-state index contributed by atoms with van der Waals surface area (Å²) in [7, 11) is 0. The molecule has 2 aliphatic rings. The average Bonchev–Trinajstić information content (AvgIpc) is 3.14. The summed E-state index contributed by atoms with van der Waals surface area (Å²) in [6, 6.07) is 6.93. The topological polar surface area (TPSA) is 47.6 Å². The first-order chi connectivity index (χ1) is 13.0. The fraction of sp³-hybridized carbons (Fsp3) is 0.667. The zero-order chi connectivity index (χ0) is 19.2. The standard InChI is InChI=1S/C21H33FN4O/c1-16-4-3-10-25(14-16)17(2)12-23-21(27)24-13-18-9-11-26(15-18)20-7-5-19(22)6-8-20/h5-8,16-18H,3-4,9-15H2,1-2H3,(H2,23,24,27)/t16-,17-,18-/m1/s1. The van der Waals surface area contributed by atoms with Crippen molar-refractivity contribution >= 4 is 11.7 Å². The molecule has 0 radical (unpaired) electrons. The Hall–Kier alpha value is -1.82. The van der Waals surface area contributed by atoms with Gasteiger partial charge in [-0.25, -0.2) is 9.18 Å². The highest BCUT2D eigenvalue weighted by Gasteiger charge is 2.24. The van der Waals surface area contributed by atoms with Crippen molar-refractivity contribution in [3.63, 3.8) is 0 Å². The van der Waals surface area contributed by atoms with E-state index in [1.165, 1.54) is 25.0 Å². The Bertz CT molecular complexity index is 609. The molecule has 2 saturated heterocycles. The van der Waals surface area contributed by atoms with E-state index in [0.717, 1.165) is 44.2 Å². The third kappa shape index (κ3) is 5.83. The monoisotopic (exact) mass is 376 g/mol. The second-order valence-corrected chi connectivity index (χ2v) is 8.26. The first-order valence-corrected chi connectivity index (χ1v) is 10.3. The molecule has 2 aliphatic heterocycles. The van der Waals surface area contributed by atoms with Crippen LogP contribution in [0.25, 0.3) is 0 Å². The average molecular weight is 377 g/mol.